The van der Waals surface area contributed by atoms with E-state index >= 15 is 0 Å². The van der Waals surface area contributed by atoms with Crippen molar-refractivity contribution in [1.82, 2.24) is 25.2 Å². The van der Waals surface area contributed by atoms with E-state index in [1.807, 2.05) is 12.1 Å². The van der Waals surface area contributed by atoms with Crippen LogP contribution in [0.2, 0.25) is 0 Å². The molecule has 0 radical (unpaired) electrons. The van der Waals surface area contributed by atoms with Crippen LogP contribution >= 0.6 is 0 Å². The highest BCUT2D eigenvalue weighted by molar-refractivity contribution is 5.71. The van der Waals surface area contributed by atoms with Gasteiger partial charge in [-0.2, -0.15) is 0 Å². The number of carboxylic acids is 1. The number of tetrazole rings is 1. The fraction of sp³-hybridized carbons (Fsp3) is 0.300. The second-order valence-electron chi connectivity index (χ2n) is 3.59. The van der Waals surface area contributed by atoms with E-state index in [9.17, 15) is 4.79 Å². The summed E-state index contributed by atoms with van der Waals surface area (Å²) in [5.74, 6) is -0.461. The molecule has 1 N–H and O–H groups in total. The highest BCUT2D eigenvalue weighted by atomic mass is 16.4. The SMILES string of the molecule is CC(C(=O)O)n1nnnc1Cc1cccnc1. The van der Waals surface area contributed by atoms with Gasteiger partial charge in [-0.3, -0.25) is 4.98 Å². The molecule has 88 valence electrons. The first-order valence-corrected chi connectivity index (χ1v) is 5.07. The third-order valence-corrected chi connectivity index (χ3v) is 2.37. The van der Waals surface area contributed by atoms with Gasteiger partial charge in [0.05, 0.1) is 0 Å². The number of nitrogens with zero attached hydrogens (tertiary/aromatic N) is 5. The summed E-state index contributed by atoms with van der Waals surface area (Å²) < 4.78 is 1.30. The summed E-state index contributed by atoms with van der Waals surface area (Å²) in [6, 6.07) is 2.92. The fourth-order valence-electron chi connectivity index (χ4n) is 1.42. The van der Waals surface area contributed by atoms with Crippen LogP contribution in [0.3, 0.4) is 0 Å². The van der Waals surface area contributed by atoms with Crippen molar-refractivity contribution in [3.63, 3.8) is 0 Å². The Labute approximate surface area is 97.1 Å². The third kappa shape index (κ3) is 2.44. The van der Waals surface area contributed by atoms with E-state index in [4.69, 9.17) is 5.11 Å². The van der Waals surface area contributed by atoms with Gasteiger partial charge in [-0.15, -0.1) is 5.10 Å². The summed E-state index contributed by atoms with van der Waals surface area (Å²) in [5, 5.41) is 19.9. The molecule has 0 spiro atoms. The molecule has 0 bridgehead atoms. The quantitative estimate of drug-likeness (QED) is 0.816. The summed E-state index contributed by atoms with van der Waals surface area (Å²) in [4.78, 5) is 14.9. The molecule has 0 aromatic carbocycles. The normalized spacial score (nSPS) is 12.3. The molecular formula is C10H11N5O2. The lowest BCUT2D eigenvalue weighted by Crippen LogP contribution is -2.19. The number of carboxylic acid groups (broad SMARTS) is 1. The van der Waals surface area contributed by atoms with Crippen molar-refractivity contribution in [3.05, 3.63) is 35.9 Å². The second-order valence-corrected chi connectivity index (χ2v) is 3.59. The molecule has 0 saturated carbocycles. The lowest BCUT2D eigenvalue weighted by Gasteiger charge is -2.08. The zero-order chi connectivity index (χ0) is 12.3. The molecule has 0 amide bonds. The molecule has 7 nitrogen and oxygen atoms in total. The molecule has 2 rings (SSSR count). The van der Waals surface area contributed by atoms with E-state index in [1.165, 1.54) is 11.6 Å². The minimum Gasteiger partial charge on any atom is -0.480 e. The predicted molar refractivity (Wildman–Crippen MR) is 57.2 cm³/mol. The zero-order valence-corrected chi connectivity index (χ0v) is 9.19. The van der Waals surface area contributed by atoms with Crippen molar-refractivity contribution in [1.29, 1.82) is 0 Å². The number of hydrogen-bond acceptors (Lipinski definition) is 5. The molecule has 0 fully saturated rings. The Morgan fingerprint density at radius 2 is 2.41 bits per heavy atom. The second kappa shape index (κ2) is 4.69. The first-order valence-electron chi connectivity index (χ1n) is 5.07. The van der Waals surface area contributed by atoms with Crippen LogP contribution < -0.4 is 0 Å². The molecular weight excluding hydrogens is 222 g/mol. The molecule has 0 saturated heterocycles. The maximum atomic E-state index is 10.9. The predicted octanol–water partition coefficient (Wildman–Crippen LogP) is 0.304. The van der Waals surface area contributed by atoms with Crippen LogP contribution in [-0.2, 0) is 11.2 Å². The maximum absolute atomic E-state index is 10.9. The highest BCUT2D eigenvalue weighted by Gasteiger charge is 2.19. The first kappa shape index (κ1) is 11.2. The molecule has 2 aromatic rings. The Hall–Kier alpha value is -2.31. The van der Waals surface area contributed by atoms with E-state index in [1.54, 1.807) is 12.4 Å². The summed E-state index contributed by atoms with van der Waals surface area (Å²) in [7, 11) is 0. The van der Waals surface area contributed by atoms with Gasteiger partial charge in [0, 0.05) is 18.8 Å². The summed E-state index contributed by atoms with van der Waals surface area (Å²) in [6.07, 6.45) is 3.83. The van der Waals surface area contributed by atoms with Crippen LogP contribution in [0.1, 0.15) is 24.4 Å². The number of rotatable bonds is 4. The minimum absolute atomic E-state index is 0.457. The van der Waals surface area contributed by atoms with Crippen molar-refractivity contribution in [2.75, 3.05) is 0 Å². The van der Waals surface area contributed by atoms with Crippen LogP contribution in [0.15, 0.2) is 24.5 Å². The largest absolute Gasteiger partial charge is 0.480 e. The topological polar surface area (TPSA) is 93.8 Å². The monoisotopic (exact) mass is 233 g/mol. The van der Waals surface area contributed by atoms with Gasteiger partial charge >= 0.3 is 5.97 Å². The van der Waals surface area contributed by atoms with Gasteiger partial charge in [0.25, 0.3) is 0 Å². The Kier molecular flexibility index (Phi) is 3.08. The Bertz CT molecular complexity index is 510. The maximum Gasteiger partial charge on any atom is 0.328 e. The fourth-order valence-corrected chi connectivity index (χ4v) is 1.42. The molecule has 17 heavy (non-hydrogen) atoms. The van der Waals surface area contributed by atoms with Gasteiger partial charge in [-0.1, -0.05) is 6.07 Å². The molecule has 0 aliphatic heterocycles. The Morgan fingerprint density at radius 1 is 1.59 bits per heavy atom. The van der Waals surface area contributed by atoms with Crippen molar-refractivity contribution in [3.8, 4) is 0 Å². The van der Waals surface area contributed by atoms with Crippen molar-refractivity contribution >= 4 is 5.97 Å². The number of hydrogen-bond donors (Lipinski definition) is 1. The molecule has 0 aliphatic rings. The molecule has 1 unspecified atom stereocenters. The minimum atomic E-state index is -0.968. The number of carbonyl (C=O) groups is 1. The van der Waals surface area contributed by atoms with Crippen LogP contribution in [0.4, 0.5) is 0 Å². The molecule has 0 aliphatic carbocycles. The van der Waals surface area contributed by atoms with Gasteiger partial charge in [-0.25, -0.2) is 9.48 Å². The molecule has 7 heteroatoms. The van der Waals surface area contributed by atoms with Crippen LogP contribution in [0.25, 0.3) is 0 Å². The average molecular weight is 233 g/mol. The van der Waals surface area contributed by atoms with Crippen molar-refractivity contribution in [2.45, 2.75) is 19.4 Å². The third-order valence-electron chi connectivity index (χ3n) is 2.37. The van der Waals surface area contributed by atoms with Gasteiger partial charge in [0.2, 0.25) is 0 Å². The highest BCUT2D eigenvalue weighted by Crippen LogP contribution is 2.10. The van der Waals surface area contributed by atoms with Crippen LogP contribution in [-0.4, -0.2) is 36.3 Å². The van der Waals surface area contributed by atoms with Gasteiger partial charge in [-0.05, 0) is 29.0 Å². The van der Waals surface area contributed by atoms with Crippen LogP contribution in [0.5, 0.6) is 0 Å². The lowest BCUT2D eigenvalue weighted by atomic mass is 10.2. The molecule has 2 heterocycles. The van der Waals surface area contributed by atoms with Gasteiger partial charge in [0.15, 0.2) is 5.82 Å². The van der Waals surface area contributed by atoms with Gasteiger partial charge in [0.1, 0.15) is 6.04 Å². The Morgan fingerprint density at radius 3 is 3.06 bits per heavy atom. The van der Waals surface area contributed by atoms with E-state index in [0.717, 1.165) is 5.56 Å². The number of aliphatic carboxylic acids is 1. The lowest BCUT2D eigenvalue weighted by molar-refractivity contribution is -0.140. The zero-order valence-electron chi connectivity index (χ0n) is 9.19. The first-order chi connectivity index (χ1) is 8.18. The summed E-state index contributed by atoms with van der Waals surface area (Å²) in [5.41, 5.74) is 0.932. The Balaban J connectivity index is 2.23. The van der Waals surface area contributed by atoms with E-state index in [2.05, 4.69) is 20.5 Å². The number of pyridine rings is 1. The number of aromatic nitrogens is 5. The van der Waals surface area contributed by atoms with Crippen molar-refractivity contribution < 1.29 is 9.90 Å². The average Bonchev–Trinajstić information content (AvgIpc) is 2.77. The molecule has 2 aromatic heterocycles. The molecule has 1 atom stereocenters. The summed E-state index contributed by atoms with van der Waals surface area (Å²) in [6.45, 7) is 1.53. The summed E-state index contributed by atoms with van der Waals surface area (Å²) >= 11 is 0. The standard InChI is InChI=1S/C10H11N5O2/c1-7(10(16)17)15-9(12-13-14-15)5-8-3-2-4-11-6-8/h2-4,6-7H,5H2,1H3,(H,16,17). The van der Waals surface area contributed by atoms with Crippen LogP contribution in [0, 0.1) is 0 Å². The van der Waals surface area contributed by atoms with E-state index in [0.29, 0.717) is 12.2 Å². The smallest absolute Gasteiger partial charge is 0.328 e. The van der Waals surface area contributed by atoms with Gasteiger partial charge < -0.3 is 5.11 Å². The van der Waals surface area contributed by atoms with Crippen molar-refractivity contribution in [2.24, 2.45) is 0 Å². The van der Waals surface area contributed by atoms with E-state index < -0.39 is 12.0 Å². The van der Waals surface area contributed by atoms with E-state index in [-0.39, 0.29) is 0 Å².